The molecule has 0 amide bonds. The number of ether oxygens (including phenoxy) is 3. The second kappa shape index (κ2) is 6.55. The highest BCUT2D eigenvalue weighted by atomic mass is 79.9. The van der Waals surface area contributed by atoms with Crippen molar-refractivity contribution in [1.29, 1.82) is 0 Å². The number of benzene rings is 1. The molecule has 1 aliphatic carbocycles. The summed E-state index contributed by atoms with van der Waals surface area (Å²) in [6, 6.07) is 4.58. The van der Waals surface area contributed by atoms with Crippen molar-refractivity contribution in [2.75, 3.05) is 20.8 Å². The van der Waals surface area contributed by atoms with E-state index < -0.39 is 0 Å². The fraction of sp³-hybridized carbons (Fsp3) is 0.625. The molecule has 0 aromatic heterocycles. The van der Waals surface area contributed by atoms with Gasteiger partial charge in [-0.3, -0.25) is 0 Å². The van der Waals surface area contributed by atoms with E-state index in [4.69, 9.17) is 14.2 Å². The van der Waals surface area contributed by atoms with Crippen molar-refractivity contribution in [1.82, 2.24) is 5.32 Å². The molecule has 1 N–H and O–H groups in total. The zero-order chi connectivity index (χ0) is 14.8. The van der Waals surface area contributed by atoms with Gasteiger partial charge in [-0.25, -0.2) is 0 Å². The van der Waals surface area contributed by atoms with Gasteiger partial charge in [-0.05, 0) is 58.8 Å². The van der Waals surface area contributed by atoms with E-state index in [0.717, 1.165) is 41.5 Å². The Morgan fingerprint density at radius 3 is 2.71 bits per heavy atom. The van der Waals surface area contributed by atoms with Crippen molar-refractivity contribution in [2.24, 2.45) is 5.92 Å². The molecule has 1 aliphatic heterocycles. The summed E-state index contributed by atoms with van der Waals surface area (Å²) in [6.45, 7) is 1.70. The number of hydrogen-bond acceptors (Lipinski definition) is 4. The molecule has 4 nitrogen and oxygen atoms in total. The van der Waals surface area contributed by atoms with Crippen LogP contribution >= 0.6 is 15.9 Å². The van der Waals surface area contributed by atoms with Crippen LogP contribution in [-0.4, -0.2) is 33.0 Å². The third kappa shape index (κ3) is 3.35. The van der Waals surface area contributed by atoms with Crippen LogP contribution in [0, 0.1) is 5.92 Å². The summed E-state index contributed by atoms with van der Waals surface area (Å²) in [6.07, 6.45) is 4.17. The molecule has 2 fully saturated rings. The highest BCUT2D eigenvalue weighted by molar-refractivity contribution is 9.10. The quantitative estimate of drug-likeness (QED) is 0.850. The van der Waals surface area contributed by atoms with E-state index >= 15 is 0 Å². The Hall–Kier alpha value is -0.780. The van der Waals surface area contributed by atoms with Crippen LogP contribution in [0.3, 0.4) is 0 Å². The summed E-state index contributed by atoms with van der Waals surface area (Å²) in [4.78, 5) is 0. The van der Waals surface area contributed by atoms with Crippen LogP contribution in [0.25, 0.3) is 0 Å². The highest BCUT2D eigenvalue weighted by Gasteiger charge is 2.40. The largest absolute Gasteiger partial charge is 0.493 e. The Bertz CT molecular complexity index is 505. The number of hydrogen-bond donors (Lipinski definition) is 1. The third-order valence-corrected chi connectivity index (χ3v) is 4.87. The van der Waals surface area contributed by atoms with E-state index in [2.05, 4.69) is 27.3 Å². The molecule has 1 heterocycles. The van der Waals surface area contributed by atoms with Crippen molar-refractivity contribution in [3.63, 3.8) is 0 Å². The highest BCUT2D eigenvalue weighted by Crippen LogP contribution is 2.39. The van der Waals surface area contributed by atoms with Gasteiger partial charge >= 0.3 is 0 Å². The molecule has 2 aliphatic rings. The van der Waals surface area contributed by atoms with Gasteiger partial charge in [0.15, 0.2) is 11.5 Å². The minimum Gasteiger partial charge on any atom is -0.493 e. The van der Waals surface area contributed by atoms with Gasteiger partial charge in [0, 0.05) is 19.2 Å². The minimum absolute atomic E-state index is 0.411. The van der Waals surface area contributed by atoms with E-state index in [1.165, 1.54) is 18.4 Å². The zero-order valence-corrected chi connectivity index (χ0v) is 14.1. The molecule has 2 atom stereocenters. The molecular formula is C16H22BrNO3. The van der Waals surface area contributed by atoms with Crippen LogP contribution in [0.2, 0.25) is 0 Å². The molecule has 0 radical (unpaired) electrons. The van der Waals surface area contributed by atoms with Crippen molar-refractivity contribution in [3.8, 4) is 11.5 Å². The first-order valence-electron chi connectivity index (χ1n) is 7.48. The lowest BCUT2D eigenvalue weighted by atomic mass is 10.1. The molecule has 5 heteroatoms. The molecule has 0 spiro atoms. The molecule has 1 aromatic rings. The maximum absolute atomic E-state index is 5.87. The molecule has 0 bridgehead atoms. The second-order valence-electron chi connectivity index (χ2n) is 5.76. The van der Waals surface area contributed by atoms with Crippen LogP contribution < -0.4 is 14.8 Å². The van der Waals surface area contributed by atoms with Crippen LogP contribution in [0.4, 0.5) is 0 Å². The first kappa shape index (κ1) is 15.1. The van der Waals surface area contributed by atoms with Gasteiger partial charge in [-0.1, -0.05) is 0 Å². The van der Waals surface area contributed by atoms with Gasteiger partial charge in [-0.2, -0.15) is 0 Å². The Balaban J connectivity index is 1.66. The monoisotopic (exact) mass is 355 g/mol. The van der Waals surface area contributed by atoms with Crippen LogP contribution in [0.1, 0.15) is 24.8 Å². The predicted molar refractivity (Wildman–Crippen MR) is 85.0 cm³/mol. The smallest absolute Gasteiger partial charge is 0.174 e. The number of halogens is 1. The summed E-state index contributed by atoms with van der Waals surface area (Å²) < 4.78 is 17.5. The van der Waals surface area contributed by atoms with E-state index in [1.54, 1.807) is 14.2 Å². The summed E-state index contributed by atoms with van der Waals surface area (Å²) in [5.74, 6) is 2.27. The third-order valence-electron chi connectivity index (χ3n) is 4.28. The van der Waals surface area contributed by atoms with Gasteiger partial charge < -0.3 is 19.5 Å². The van der Waals surface area contributed by atoms with Crippen molar-refractivity contribution in [3.05, 3.63) is 22.2 Å². The second-order valence-corrected chi connectivity index (χ2v) is 6.62. The number of methoxy groups -OCH3 is 2. The van der Waals surface area contributed by atoms with Crippen LogP contribution in [0.15, 0.2) is 16.6 Å². The van der Waals surface area contributed by atoms with Crippen molar-refractivity contribution < 1.29 is 14.2 Å². The molecule has 1 saturated heterocycles. The molecule has 116 valence electrons. The summed E-state index contributed by atoms with van der Waals surface area (Å²) in [5, 5.41) is 3.64. The molecule has 3 rings (SSSR count). The molecule has 1 saturated carbocycles. The Labute approximate surface area is 134 Å². The number of nitrogens with one attached hydrogen (secondary N) is 1. The lowest BCUT2D eigenvalue weighted by Gasteiger charge is -2.20. The van der Waals surface area contributed by atoms with E-state index in [0.29, 0.717) is 12.1 Å². The minimum atomic E-state index is 0.411. The first-order valence-corrected chi connectivity index (χ1v) is 8.27. The van der Waals surface area contributed by atoms with E-state index in [1.807, 2.05) is 6.07 Å². The van der Waals surface area contributed by atoms with Crippen molar-refractivity contribution in [2.45, 2.75) is 38.0 Å². The van der Waals surface area contributed by atoms with Gasteiger partial charge in [0.2, 0.25) is 0 Å². The predicted octanol–water partition coefficient (Wildman–Crippen LogP) is 3.12. The molecule has 21 heavy (non-hydrogen) atoms. The summed E-state index contributed by atoms with van der Waals surface area (Å²) >= 11 is 3.54. The van der Waals surface area contributed by atoms with Gasteiger partial charge in [0.25, 0.3) is 0 Å². The lowest BCUT2D eigenvalue weighted by molar-refractivity contribution is 0.0809. The average molecular weight is 356 g/mol. The molecular weight excluding hydrogens is 334 g/mol. The molecule has 1 aromatic carbocycles. The maximum Gasteiger partial charge on any atom is 0.174 e. The summed E-state index contributed by atoms with van der Waals surface area (Å²) in [5.41, 5.74) is 1.18. The van der Waals surface area contributed by atoms with E-state index in [9.17, 15) is 0 Å². The number of rotatable bonds is 6. The van der Waals surface area contributed by atoms with Crippen molar-refractivity contribution >= 4 is 15.9 Å². The van der Waals surface area contributed by atoms with Crippen LogP contribution in [-0.2, 0) is 11.3 Å². The fourth-order valence-electron chi connectivity index (χ4n) is 3.04. The average Bonchev–Trinajstić information content (AvgIpc) is 3.23. The normalized spacial score (nSPS) is 25.1. The standard InChI is InChI=1S/C16H22BrNO3/c1-19-14-8-10(7-12(17)16(14)20-2)9-18-13-5-6-21-15(13)11-3-4-11/h7-8,11,13,15,18H,3-6,9H2,1-2H3. The van der Waals surface area contributed by atoms with Gasteiger partial charge in [-0.15, -0.1) is 0 Å². The first-order chi connectivity index (χ1) is 10.2. The van der Waals surface area contributed by atoms with Gasteiger partial charge in [0.1, 0.15) is 0 Å². The van der Waals surface area contributed by atoms with Gasteiger partial charge in [0.05, 0.1) is 24.8 Å². The lowest BCUT2D eigenvalue weighted by Crippen LogP contribution is -2.37. The maximum atomic E-state index is 5.87. The molecule has 2 unspecified atom stereocenters. The topological polar surface area (TPSA) is 39.7 Å². The van der Waals surface area contributed by atoms with Crippen LogP contribution in [0.5, 0.6) is 11.5 Å². The summed E-state index contributed by atoms with van der Waals surface area (Å²) in [7, 11) is 3.31. The fourth-order valence-corrected chi connectivity index (χ4v) is 3.69. The Morgan fingerprint density at radius 1 is 1.24 bits per heavy atom. The SMILES string of the molecule is COc1cc(CNC2CCOC2C2CC2)cc(Br)c1OC. The van der Waals surface area contributed by atoms with E-state index in [-0.39, 0.29) is 0 Å². The Kier molecular flexibility index (Phi) is 4.72. The zero-order valence-electron chi connectivity index (χ0n) is 12.5. The Morgan fingerprint density at radius 2 is 2.05 bits per heavy atom.